The van der Waals surface area contributed by atoms with Gasteiger partial charge in [0.25, 0.3) is 5.91 Å². The number of ether oxygens (including phenoxy) is 2. The number of aryl methyl sites for hydroxylation is 2. The molecule has 1 aromatic heterocycles. The zero-order valence-electron chi connectivity index (χ0n) is 14.4. The summed E-state index contributed by atoms with van der Waals surface area (Å²) in [7, 11) is 1.82. The summed E-state index contributed by atoms with van der Waals surface area (Å²) in [5.74, 6) is 1.56. The highest BCUT2D eigenvalue weighted by molar-refractivity contribution is 7.14. The van der Waals surface area contributed by atoms with E-state index in [-0.39, 0.29) is 12.0 Å². The highest BCUT2D eigenvalue weighted by Crippen LogP contribution is 2.31. The smallest absolute Gasteiger partial charge is 0.263 e. The maximum absolute atomic E-state index is 12.7. The average Bonchev–Trinajstić information content (AvgIpc) is 2.95. The van der Waals surface area contributed by atoms with E-state index >= 15 is 0 Å². The lowest BCUT2D eigenvalue weighted by molar-refractivity contribution is 0.0524. The van der Waals surface area contributed by atoms with Crippen molar-refractivity contribution >= 4 is 17.2 Å². The minimum atomic E-state index is -0.148. The second kappa shape index (κ2) is 7.26. The molecule has 0 radical (unpaired) electrons. The van der Waals surface area contributed by atoms with Gasteiger partial charge in [-0.1, -0.05) is 25.5 Å². The van der Waals surface area contributed by atoms with Crippen molar-refractivity contribution in [2.24, 2.45) is 0 Å². The summed E-state index contributed by atoms with van der Waals surface area (Å²) in [6, 6.07) is 9.66. The van der Waals surface area contributed by atoms with Crippen LogP contribution in [0.3, 0.4) is 0 Å². The Morgan fingerprint density at radius 2 is 2.08 bits per heavy atom. The molecule has 1 aliphatic rings. The van der Waals surface area contributed by atoms with Crippen molar-refractivity contribution in [1.82, 2.24) is 4.90 Å². The molecule has 128 valence electrons. The fraction of sp³-hybridized carbons (Fsp3) is 0.421. The molecular formula is C19H23NO3S. The van der Waals surface area contributed by atoms with Gasteiger partial charge in [-0.25, -0.2) is 0 Å². The fourth-order valence-corrected chi connectivity index (χ4v) is 3.94. The lowest BCUT2D eigenvalue weighted by Crippen LogP contribution is -2.41. The van der Waals surface area contributed by atoms with E-state index in [0.717, 1.165) is 29.2 Å². The first-order chi connectivity index (χ1) is 11.6. The van der Waals surface area contributed by atoms with Gasteiger partial charge in [-0.05, 0) is 37.1 Å². The summed E-state index contributed by atoms with van der Waals surface area (Å²) < 4.78 is 11.7. The Morgan fingerprint density at radius 1 is 1.33 bits per heavy atom. The van der Waals surface area contributed by atoms with E-state index in [1.807, 2.05) is 37.4 Å². The van der Waals surface area contributed by atoms with E-state index in [2.05, 4.69) is 13.8 Å². The van der Waals surface area contributed by atoms with Gasteiger partial charge in [0.15, 0.2) is 17.6 Å². The van der Waals surface area contributed by atoms with Crippen molar-refractivity contribution in [3.05, 3.63) is 45.6 Å². The molecule has 0 aliphatic carbocycles. The van der Waals surface area contributed by atoms with Crippen molar-refractivity contribution in [1.29, 1.82) is 0 Å². The quantitative estimate of drug-likeness (QED) is 0.824. The number of hydrogen-bond donors (Lipinski definition) is 0. The summed E-state index contributed by atoms with van der Waals surface area (Å²) in [5.41, 5.74) is 1.28. The Balaban J connectivity index is 1.64. The molecule has 0 saturated heterocycles. The highest BCUT2D eigenvalue weighted by Gasteiger charge is 2.25. The average molecular weight is 345 g/mol. The molecule has 1 amide bonds. The molecule has 0 bridgehead atoms. The van der Waals surface area contributed by atoms with Crippen LogP contribution in [-0.4, -0.2) is 37.1 Å². The number of fused-ring (bicyclic) bond motifs is 1. The summed E-state index contributed by atoms with van der Waals surface area (Å²) in [6.07, 6.45) is 1.97. The fourth-order valence-electron chi connectivity index (χ4n) is 2.87. The third-order valence-electron chi connectivity index (χ3n) is 4.14. The van der Waals surface area contributed by atoms with Gasteiger partial charge >= 0.3 is 0 Å². The zero-order chi connectivity index (χ0) is 17.1. The summed E-state index contributed by atoms with van der Waals surface area (Å²) >= 11 is 1.58. The molecule has 24 heavy (non-hydrogen) atoms. The Kier molecular flexibility index (Phi) is 5.09. The van der Waals surface area contributed by atoms with E-state index in [1.165, 1.54) is 10.4 Å². The minimum absolute atomic E-state index is 0.0490. The lowest BCUT2D eigenvalue weighted by Gasteiger charge is -2.29. The van der Waals surface area contributed by atoms with Gasteiger partial charge in [-0.2, -0.15) is 0 Å². The number of nitrogens with zero attached hydrogens (tertiary/aromatic N) is 1. The van der Waals surface area contributed by atoms with Crippen LogP contribution in [0, 0.1) is 6.92 Å². The molecular weight excluding hydrogens is 322 g/mol. The summed E-state index contributed by atoms with van der Waals surface area (Å²) in [6.45, 7) is 5.21. The molecule has 0 unspecified atom stereocenters. The molecule has 3 rings (SSSR count). The normalized spacial score (nSPS) is 16.0. The monoisotopic (exact) mass is 345 g/mol. The summed E-state index contributed by atoms with van der Waals surface area (Å²) in [5, 5.41) is 0. The standard InChI is InChI=1S/C19H23NO3S/c1-4-7-14-10-18(24-13(14)2)19(21)20(3)11-15-12-22-16-8-5-6-9-17(16)23-15/h5-6,8-10,15H,4,7,11-12H2,1-3H3/t15-/m1/s1. The molecule has 2 heterocycles. The molecule has 0 spiro atoms. The first-order valence-electron chi connectivity index (χ1n) is 8.31. The van der Waals surface area contributed by atoms with Gasteiger partial charge in [0, 0.05) is 11.9 Å². The van der Waals surface area contributed by atoms with Crippen LogP contribution in [0.4, 0.5) is 0 Å². The van der Waals surface area contributed by atoms with Gasteiger partial charge in [-0.15, -0.1) is 11.3 Å². The second-order valence-electron chi connectivity index (χ2n) is 6.13. The molecule has 4 nitrogen and oxygen atoms in total. The van der Waals surface area contributed by atoms with Crippen LogP contribution in [0.2, 0.25) is 0 Å². The molecule has 1 aromatic carbocycles. The first kappa shape index (κ1) is 16.8. The Bertz CT molecular complexity index is 725. The van der Waals surface area contributed by atoms with E-state index in [9.17, 15) is 4.79 Å². The Morgan fingerprint density at radius 3 is 2.83 bits per heavy atom. The molecule has 1 atom stereocenters. The summed E-state index contributed by atoms with van der Waals surface area (Å²) in [4.78, 5) is 16.4. The molecule has 0 N–H and O–H groups in total. The number of thiophene rings is 1. The van der Waals surface area contributed by atoms with Crippen molar-refractivity contribution in [2.75, 3.05) is 20.2 Å². The number of likely N-dealkylation sites (N-methyl/N-ethyl adjacent to an activating group) is 1. The number of carbonyl (C=O) groups excluding carboxylic acids is 1. The predicted molar refractivity (Wildman–Crippen MR) is 96.4 cm³/mol. The van der Waals surface area contributed by atoms with Crippen LogP contribution < -0.4 is 9.47 Å². The third kappa shape index (κ3) is 3.56. The second-order valence-corrected chi connectivity index (χ2v) is 7.38. The van der Waals surface area contributed by atoms with E-state index in [4.69, 9.17) is 9.47 Å². The van der Waals surface area contributed by atoms with Crippen LogP contribution in [0.1, 0.15) is 33.5 Å². The number of amides is 1. The lowest BCUT2D eigenvalue weighted by atomic mass is 10.1. The van der Waals surface area contributed by atoms with Crippen LogP contribution in [0.15, 0.2) is 30.3 Å². The van der Waals surface area contributed by atoms with Crippen LogP contribution in [0.5, 0.6) is 11.5 Å². The van der Waals surface area contributed by atoms with Crippen molar-refractivity contribution < 1.29 is 14.3 Å². The largest absolute Gasteiger partial charge is 0.486 e. The van der Waals surface area contributed by atoms with E-state index < -0.39 is 0 Å². The third-order valence-corrected chi connectivity index (χ3v) is 5.22. The van der Waals surface area contributed by atoms with Gasteiger partial charge in [0.1, 0.15) is 6.61 Å². The molecule has 0 fully saturated rings. The van der Waals surface area contributed by atoms with Crippen molar-refractivity contribution in [2.45, 2.75) is 32.8 Å². The van der Waals surface area contributed by atoms with E-state index in [1.54, 1.807) is 16.2 Å². The van der Waals surface area contributed by atoms with Crippen LogP contribution in [0.25, 0.3) is 0 Å². The SMILES string of the molecule is CCCc1cc(C(=O)N(C)C[C@@H]2COc3ccccc3O2)sc1C. The molecule has 5 heteroatoms. The highest BCUT2D eigenvalue weighted by atomic mass is 32.1. The maximum atomic E-state index is 12.7. The van der Waals surface area contributed by atoms with Crippen molar-refractivity contribution in [3.8, 4) is 11.5 Å². The topological polar surface area (TPSA) is 38.8 Å². The van der Waals surface area contributed by atoms with Crippen LogP contribution in [-0.2, 0) is 6.42 Å². The number of rotatable bonds is 5. The minimum Gasteiger partial charge on any atom is -0.486 e. The van der Waals surface area contributed by atoms with Gasteiger partial charge < -0.3 is 14.4 Å². The number of para-hydroxylation sites is 2. The first-order valence-corrected chi connectivity index (χ1v) is 9.13. The number of benzene rings is 1. The number of carbonyl (C=O) groups is 1. The Hall–Kier alpha value is -2.01. The Labute approximate surface area is 147 Å². The van der Waals surface area contributed by atoms with Gasteiger partial charge in [0.05, 0.1) is 11.4 Å². The maximum Gasteiger partial charge on any atom is 0.263 e. The van der Waals surface area contributed by atoms with Gasteiger partial charge in [0.2, 0.25) is 0 Å². The van der Waals surface area contributed by atoms with E-state index in [0.29, 0.717) is 13.2 Å². The molecule has 0 saturated carbocycles. The predicted octanol–water partition coefficient (Wildman–Crippen LogP) is 3.92. The zero-order valence-corrected chi connectivity index (χ0v) is 15.2. The molecule has 1 aliphatic heterocycles. The van der Waals surface area contributed by atoms with Crippen molar-refractivity contribution in [3.63, 3.8) is 0 Å². The number of hydrogen-bond acceptors (Lipinski definition) is 4. The van der Waals surface area contributed by atoms with Gasteiger partial charge in [-0.3, -0.25) is 4.79 Å². The van der Waals surface area contributed by atoms with Crippen LogP contribution >= 0.6 is 11.3 Å². The molecule has 2 aromatic rings.